The van der Waals surface area contributed by atoms with Gasteiger partial charge in [-0.25, -0.2) is 4.79 Å². The third-order valence-electron chi connectivity index (χ3n) is 4.16. The third kappa shape index (κ3) is 3.17. The predicted molar refractivity (Wildman–Crippen MR) is 77.1 cm³/mol. The maximum atomic E-state index is 12.4. The summed E-state index contributed by atoms with van der Waals surface area (Å²) < 4.78 is 5.25. The Morgan fingerprint density at radius 1 is 1.43 bits per heavy atom. The minimum absolute atomic E-state index is 0.0716. The fourth-order valence-electron chi connectivity index (χ4n) is 2.94. The van der Waals surface area contributed by atoms with E-state index in [9.17, 15) is 14.4 Å². The average Bonchev–Trinajstić information content (AvgIpc) is 3.23. The first-order chi connectivity index (χ1) is 11.1. The summed E-state index contributed by atoms with van der Waals surface area (Å²) in [4.78, 5) is 41.0. The van der Waals surface area contributed by atoms with E-state index in [2.05, 4.69) is 20.8 Å². The van der Waals surface area contributed by atoms with Gasteiger partial charge in [-0.05, 0) is 19.3 Å². The predicted octanol–water partition coefficient (Wildman–Crippen LogP) is 0.284. The molecule has 0 aliphatic carbocycles. The van der Waals surface area contributed by atoms with Gasteiger partial charge in [0.1, 0.15) is 12.1 Å². The van der Waals surface area contributed by atoms with Gasteiger partial charge in [0.2, 0.25) is 11.8 Å². The molecule has 124 valence electrons. The smallest absolute Gasteiger partial charge is 0.322 e. The minimum atomic E-state index is -0.636. The Morgan fingerprint density at radius 2 is 2.26 bits per heavy atom. The summed E-state index contributed by atoms with van der Waals surface area (Å²) in [6.45, 7) is 2.57. The van der Waals surface area contributed by atoms with Crippen molar-refractivity contribution in [2.75, 3.05) is 6.54 Å². The van der Waals surface area contributed by atoms with E-state index in [1.54, 1.807) is 4.90 Å². The molecule has 9 nitrogen and oxygen atoms in total. The van der Waals surface area contributed by atoms with Gasteiger partial charge in [-0.3, -0.25) is 14.9 Å². The van der Waals surface area contributed by atoms with Gasteiger partial charge >= 0.3 is 6.03 Å². The van der Waals surface area contributed by atoms with Crippen LogP contribution >= 0.6 is 0 Å². The van der Waals surface area contributed by atoms with Crippen LogP contribution in [0, 0.1) is 0 Å². The standard InChI is InChI=1S/C14H19N5O4/c1-2-10-16-13(23-18-10)9-4-3-7-19(9)11(20)6-5-8-12(21)17-14(22)15-8/h8-9H,2-7H2,1H3,(H2,15,17,21,22)/t8-,9-/m0/s1. The molecular weight excluding hydrogens is 302 g/mol. The zero-order chi connectivity index (χ0) is 16.4. The van der Waals surface area contributed by atoms with Crippen molar-refractivity contribution >= 4 is 17.8 Å². The van der Waals surface area contributed by atoms with Gasteiger partial charge in [0.05, 0.1) is 0 Å². The van der Waals surface area contributed by atoms with E-state index in [-0.39, 0.29) is 30.7 Å². The summed E-state index contributed by atoms with van der Waals surface area (Å²) in [6, 6.07) is -1.34. The molecule has 2 saturated heterocycles. The van der Waals surface area contributed by atoms with Gasteiger partial charge in [0.15, 0.2) is 5.82 Å². The lowest BCUT2D eigenvalue weighted by Crippen LogP contribution is -2.34. The number of likely N-dealkylation sites (tertiary alicyclic amines) is 1. The second kappa shape index (κ2) is 6.35. The van der Waals surface area contributed by atoms with E-state index in [1.807, 2.05) is 6.92 Å². The largest absolute Gasteiger partial charge is 0.337 e. The molecule has 1 aromatic heterocycles. The van der Waals surface area contributed by atoms with E-state index < -0.39 is 12.1 Å². The molecule has 2 N–H and O–H groups in total. The molecule has 0 bridgehead atoms. The molecule has 0 unspecified atom stereocenters. The van der Waals surface area contributed by atoms with Gasteiger partial charge < -0.3 is 14.7 Å². The highest BCUT2D eigenvalue weighted by Crippen LogP contribution is 2.31. The molecule has 2 atom stereocenters. The van der Waals surface area contributed by atoms with Crippen molar-refractivity contribution in [3.8, 4) is 0 Å². The maximum absolute atomic E-state index is 12.4. The molecule has 3 heterocycles. The van der Waals surface area contributed by atoms with Crippen molar-refractivity contribution in [3.63, 3.8) is 0 Å². The first kappa shape index (κ1) is 15.4. The molecule has 1 aromatic rings. The summed E-state index contributed by atoms with van der Waals surface area (Å²) in [5, 5.41) is 8.52. The fourth-order valence-corrected chi connectivity index (χ4v) is 2.94. The number of aryl methyl sites for hydroxylation is 1. The lowest BCUT2D eigenvalue weighted by molar-refractivity contribution is -0.132. The number of amides is 4. The van der Waals surface area contributed by atoms with Crippen molar-refractivity contribution in [2.45, 2.75) is 51.1 Å². The van der Waals surface area contributed by atoms with Crippen LogP contribution in [0.2, 0.25) is 0 Å². The van der Waals surface area contributed by atoms with Crippen LogP contribution in [0.3, 0.4) is 0 Å². The Morgan fingerprint density at radius 3 is 2.91 bits per heavy atom. The highest BCUT2D eigenvalue weighted by atomic mass is 16.5. The first-order valence-corrected chi connectivity index (χ1v) is 7.81. The third-order valence-corrected chi connectivity index (χ3v) is 4.16. The lowest BCUT2D eigenvalue weighted by atomic mass is 10.1. The number of nitrogens with zero attached hydrogens (tertiary/aromatic N) is 3. The highest BCUT2D eigenvalue weighted by Gasteiger charge is 2.35. The summed E-state index contributed by atoms with van der Waals surface area (Å²) in [5.41, 5.74) is 0. The van der Waals surface area contributed by atoms with Gasteiger partial charge in [0, 0.05) is 19.4 Å². The van der Waals surface area contributed by atoms with Crippen molar-refractivity contribution in [1.29, 1.82) is 0 Å². The minimum Gasteiger partial charge on any atom is -0.337 e. The number of urea groups is 1. The van der Waals surface area contributed by atoms with Crippen LogP contribution in [0.5, 0.6) is 0 Å². The number of hydrogen-bond donors (Lipinski definition) is 2. The van der Waals surface area contributed by atoms with E-state index in [4.69, 9.17) is 4.52 Å². The van der Waals surface area contributed by atoms with E-state index in [0.29, 0.717) is 24.7 Å². The molecule has 0 aromatic carbocycles. The summed E-state index contributed by atoms with van der Waals surface area (Å²) in [5.74, 6) is 0.646. The molecule has 0 saturated carbocycles. The van der Waals surface area contributed by atoms with E-state index in [0.717, 1.165) is 12.8 Å². The molecule has 4 amide bonds. The maximum Gasteiger partial charge on any atom is 0.322 e. The monoisotopic (exact) mass is 321 g/mol. The van der Waals surface area contributed by atoms with Gasteiger partial charge in [-0.15, -0.1) is 0 Å². The van der Waals surface area contributed by atoms with Crippen LogP contribution in [0.1, 0.15) is 50.4 Å². The van der Waals surface area contributed by atoms with Crippen molar-refractivity contribution < 1.29 is 18.9 Å². The van der Waals surface area contributed by atoms with Crippen LogP contribution < -0.4 is 10.6 Å². The quantitative estimate of drug-likeness (QED) is 0.752. The van der Waals surface area contributed by atoms with Crippen LogP contribution in [-0.4, -0.2) is 45.5 Å². The molecule has 0 spiro atoms. The summed E-state index contributed by atoms with van der Waals surface area (Å²) in [7, 11) is 0. The molecule has 0 radical (unpaired) electrons. The number of nitrogens with one attached hydrogen (secondary N) is 2. The molecule has 2 aliphatic heterocycles. The number of aromatic nitrogens is 2. The Kier molecular flexibility index (Phi) is 4.26. The van der Waals surface area contributed by atoms with Crippen LogP contribution in [0.4, 0.5) is 4.79 Å². The Bertz CT molecular complexity index is 628. The van der Waals surface area contributed by atoms with Crippen LogP contribution in [0.15, 0.2) is 4.52 Å². The van der Waals surface area contributed by atoms with Crippen molar-refractivity contribution in [1.82, 2.24) is 25.7 Å². The van der Waals surface area contributed by atoms with E-state index >= 15 is 0 Å². The molecular formula is C14H19N5O4. The van der Waals surface area contributed by atoms with Gasteiger partial charge in [0.25, 0.3) is 5.91 Å². The van der Waals surface area contributed by atoms with Crippen molar-refractivity contribution in [2.24, 2.45) is 0 Å². The molecule has 9 heteroatoms. The average molecular weight is 321 g/mol. The second-order valence-electron chi connectivity index (χ2n) is 5.70. The molecule has 2 fully saturated rings. The SMILES string of the molecule is CCc1noc([C@@H]2CCCN2C(=O)CC[C@@H]2NC(=O)NC2=O)n1. The zero-order valence-electron chi connectivity index (χ0n) is 12.9. The number of carbonyl (C=O) groups is 3. The number of rotatable bonds is 5. The Balaban J connectivity index is 1.59. The van der Waals surface area contributed by atoms with Crippen LogP contribution in [0.25, 0.3) is 0 Å². The summed E-state index contributed by atoms with van der Waals surface area (Å²) >= 11 is 0. The van der Waals surface area contributed by atoms with Gasteiger partial charge in [-0.2, -0.15) is 4.98 Å². The van der Waals surface area contributed by atoms with Crippen LogP contribution in [-0.2, 0) is 16.0 Å². The number of imide groups is 1. The summed E-state index contributed by atoms with van der Waals surface area (Å²) in [6.07, 6.45) is 2.81. The second-order valence-corrected chi connectivity index (χ2v) is 5.70. The van der Waals surface area contributed by atoms with Gasteiger partial charge in [-0.1, -0.05) is 12.1 Å². The van der Waals surface area contributed by atoms with Crippen molar-refractivity contribution in [3.05, 3.63) is 11.7 Å². The topological polar surface area (TPSA) is 117 Å². The zero-order valence-corrected chi connectivity index (χ0v) is 12.9. The number of hydrogen-bond acceptors (Lipinski definition) is 6. The molecule has 23 heavy (non-hydrogen) atoms. The number of carbonyl (C=O) groups excluding carboxylic acids is 3. The first-order valence-electron chi connectivity index (χ1n) is 7.81. The highest BCUT2D eigenvalue weighted by molar-refractivity contribution is 6.04. The Hall–Kier alpha value is -2.45. The normalized spacial score (nSPS) is 24.0. The lowest BCUT2D eigenvalue weighted by Gasteiger charge is -2.22. The molecule has 3 rings (SSSR count). The molecule has 2 aliphatic rings. The fraction of sp³-hybridized carbons (Fsp3) is 0.643. The van der Waals surface area contributed by atoms with E-state index in [1.165, 1.54) is 0 Å². The Labute approximate surface area is 132 Å².